The quantitative estimate of drug-likeness (QED) is 0.597. The molecule has 0 radical (unpaired) electrons. The zero-order chi connectivity index (χ0) is 14.9. The van der Waals surface area contributed by atoms with E-state index in [-0.39, 0.29) is 11.8 Å². The van der Waals surface area contributed by atoms with Gasteiger partial charge in [0.05, 0.1) is 5.92 Å². The number of nitrogens with zero attached hydrogens (tertiary/aromatic N) is 2. The van der Waals surface area contributed by atoms with Gasteiger partial charge in [-0.1, -0.05) is 36.5 Å². The van der Waals surface area contributed by atoms with Crippen molar-refractivity contribution in [1.82, 2.24) is 4.98 Å². The van der Waals surface area contributed by atoms with E-state index in [0.717, 1.165) is 36.2 Å². The largest absolute Gasteiger partial charge is 0.293 e. The van der Waals surface area contributed by atoms with E-state index in [2.05, 4.69) is 16.8 Å². The molecule has 1 amide bonds. The predicted octanol–water partition coefficient (Wildman–Crippen LogP) is 3.00. The Morgan fingerprint density at radius 3 is 2.59 bits per heavy atom. The molecular weight excluding hydrogens is 272 g/mol. The Balaban J connectivity index is 1.52. The molecule has 2 aromatic rings. The SMILES string of the molecule is O=C1C2CCCC2N1c1ccc(C#Cc2ccccc2)cn1. The highest BCUT2D eigenvalue weighted by molar-refractivity contribution is 6.02. The van der Waals surface area contributed by atoms with E-state index in [1.165, 1.54) is 0 Å². The molecule has 1 aromatic heterocycles. The molecule has 108 valence electrons. The summed E-state index contributed by atoms with van der Waals surface area (Å²) in [7, 11) is 0. The van der Waals surface area contributed by atoms with Crippen molar-refractivity contribution in [1.29, 1.82) is 0 Å². The van der Waals surface area contributed by atoms with Gasteiger partial charge in [-0.3, -0.25) is 9.69 Å². The zero-order valence-electron chi connectivity index (χ0n) is 12.2. The van der Waals surface area contributed by atoms with E-state index in [1.807, 2.05) is 47.4 Å². The van der Waals surface area contributed by atoms with Gasteiger partial charge in [0.25, 0.3) is 0 Å². The first-order chi connectivity index (χ1) is 10.8. The fourth-order valence-electron chi connectivity index (χ4n) is 3.35. The number of carbonyl (C=O) groups excluding carboxylic acids is 1. The first-order valence-corrected chi connectivity index (χ1v) is 7.69. The minimum absolute atomic E-state index is 0.234. The van der Waals surface area contributed by atoms with E-state index in [0.29, 0.717) is 6.04 Å². The standard InChI is InChI=1S/C19H16N2O/c22-19-16-7-4-8-17(16)21(19)18-12-11-15(13-20-18)10-9-14-5-2-1-3-6-14/h1-3,5-6,11-13,16-17H,4,7-8H2. The van der Waals surface area contributed by atoms with Crippen molar-refractivity contribution in [3.63, 3.8) is 0 Å². The van der Waals surface area contributed by atoms with Crippen molar-refractivity contribution in [2.24, 2.45) is 5.92 Å². The van der Waals surface area contributed by atoms with Crippen LogP contribution in [0.25, 0.3) is 0 Å². The van der Waals surface area contributed by atoms with Crippen molar-refractivity contribution in [2.75, 3.05) is 4.90 Å². The van der Waals surface area contributed by atoms with E-state index < -0.39 is 0 Å². The first-order valence-electron chi connectivity index (χ1n) is 7.69. The van der Waals surface area contributed by atoms with E-state index >= 15 is 0 Å². The van der Waals surface area contributed by atoms with Crippen LogP contribution >= 0.6 is 0 Å². The molecule has 0 bridgehead atoms. The summed E-state index contributed by atoms with van der Waals surface area (Å²) >= 11 is 0. The Morgan fingerprint density at radius 2 is 1.82 bits per heavy atom. The third kappa shape index (κ3) is 2.17. The van der Waals surface area contributed by atoms with Gasteiger partial charge in [0.15, 0.2) is 0 Å². The molecule has 2 atom stereocenters. The van der Waals surface area contributed by atoms with Crippen molar-refractivity contribution < 1.29 is 4.79 Å². The number of amides is 1. The summed E-state index contributed by atoms with van der Waals surface area (Å²) in [6, 6.07) is 14.1. The molecule has 1 saturated carbocycles. The molecular formula is C19H16N2O. The van der Waals surface area contributed by atoms with Gasteiger partial charge in [0.2, 0.25) is 5.91 Å². The molecule has 1 aliphatic heterocycles. The Kier molecular flexibility index (Phi) is 3.16. The van der Waals surface area contributed by atoms with Crippen molar-refractivity contribution >= 4 is 11.7 Å². The Bertz CT molecular complexity index is 756. The van der Waals surface area contributed by atoms with Crippen LogP contribution in [0.1, 0.15) is 30.4 Å². The molecule has 2 fully saturated rings. The average molecular weight is 288 g/mol. The number of carbonyl (C=O) groups is 1. The summed E-state index contributed by atoms with van der Waals surface area (Å²) in [5.41, 5.74) is 1.85. The number of hydrogen-bond donors (Lipinski definition) is 0. The molecule has 0 N–H and O–H groups in total. The van der Waals surface area contributed by atoms with Crippen LogP contribution in [0.3, 0.4) is 0 Å². The third-order valence-corrected chi connectivity index (χ3v) is 4.49. The molecule has 0 spiro atoms. The number of anilines is 1. The van der Waals surface area contributed by atoms with E-state index in [1.54, 1.807) is 6.20 Å². The number of aromatic nitrogens is 1. The van der Waals surface area contributed by atoms with E-state index in [4.69, 9.17) is 0 Å². The topological polar surface area (TPSA) is 33.2 Å². The van der Waals surface area contributed by atoms with Crippen LogP contribution in [0, 0.1) is 17.8 Å². The molecule has 3 heteroatoms. The lowest BCUT2D eigenvalue weighted by molar-refractivity contribution is -0.129. The Hall–Kier alpha value is -2.60. The average Bonchev–Trinajstić information content (AvgIpc) is 2.99. The molecule has 1 aromatic carbocycles. The Morgan fingerprint density at radius 1 is 1.00 bits per heavy atom. The lowest BCUT2D eigenvalue weighted by atomic mass is 9.90. The highest BCUT2D eigenvalue weighted by Crippen LogP contribution is 2.42. The second-order valence-corrected chi connectivity index (χ2v) is 5.83. The van der Waals surface area contributed by atoms with Gasteiger partial charge in [0, 0.05) is 23.4 Å². The summed E-state index contributed by atoms with van der Waals surface area (Å²) in [5.74, 6) is 7.46. The van der Waals surface area contributed by atoms with Gasteiger partial charge >= 0.3 is 0 Å². The van der Waals surface area contributed by atoms with Crippen LogP contribution in [0.4, 0.5) is 5.82 Å². The van der Waals surface area contributed by atoms with Crippen LogP contribution in [-0.4, -0.2) is 16.9 Å². The first kappa shape index (κ1) is 13.1. The van der Waals surface area contributed by atoms with Crippen molar-refractivity contribution in [2.45, 2.75) is 25.3 Å². The number of rotatable bonds is 1. The molecule has 2 unspecified atom stereocenters. The lowest BCUT2D eigenvalue weighted by Gasteiger charge is -2.42. The summed E-state index contributed by atoms with van der Waals surface area (Å²) in [4.78, 5) is 18.4. The zero-order valence-corrected chi connectivity index (χ0v) is 12.2. The number of hydrogen-bond acceptors (Lipinski definition) is 2. The molecule has 2 aliphatic rings. The number of fused-ring (bicyclic) bond motifs is 1. The van der Waals surface area contributed by atoms with Gasteiger partial charge in [-0.15, -0.1) is 0 Å². The fraction of sp³-hybridized carbons (Fsp3) is 0.263. The predicted molar refractivity (Wildman–Crippen MR) is 85.3 cm³/mol. The highest BCUT2D eigenvalue weighted by Gasteiger charge is 2.50. The third-order valence-electron chi connectivity index (χ3n) is 4.49. The smallest absolute Gasteiger partial charge is 0.233 e. The maximum absolute atomic E-state index is 12.1. The van der Waals surface area contributed by atoms with Crippen LogP contribution < -0.4 is 4.90 Å². The number of β-lactam (4-membered cyclic amide) rings is 1. The maximum atomic E-state index is 12.1. The monoisotopic (exact) mass is 288 g/mol. The van der Waals surface area contributed by atoms with Crippen LogP contribution in [0.15, 0.2) is 48.7 Å². The van der Waals surface area contributed by atoms with Gasteiger partial charge in [-0.05, 0) is 37.1 Å². The van der Waals surface area contributed by atoms with Gasteiger partial charge in [0.1, 0.15) is 5.82 Å². The minimum atomic E-state index is 0.234. The number of pyridine rings is 1. The molecule has 1 aliphatic carbocycles. The van der Waals surface area contributed by atoms with Gasteiger partial charge in [-0.25, -0.2) is 4.98 Å². The number of benzene rings is 1. The van der Waals surface area contributed by atoms with E-state index in [9.17, 15) is 4.79 Å². The molecule has 22 heavy (non-hydrogen) atoms. The van der Waals surface area contributed by atoms with Crippen LogP contribution in [0.2, 0.25) is 0 Å². The summed E-state index contributed by atoms with van der Waals surface area (Å²) in [6.45, 7) is 0. The molecule has 3 nitrogen and oxygen atoms in total. The molecule has 1 saturated heterocycles. The fourth-order valence-corrected chi connectivity index (χ4v) is 3.35. The van der Waals surface area contributed by atoms with Gasteiger partial charge in [-0.2, -0.15) is 0 Å². The minimum Gasteiger partial charge on any atom is -0.293 e. The van der Waals surface area contributed by atoms with Crippen LogP contribution in [-0.2, 0) is 4.79 Å². The second kappa shape index (κ2) is 5.31. The summed E-state index contributed by atoms with van der Waals surface area (Å²) in [6.07, 6.45) is 5.05. The van der Waals surface area contributed by atoms with Crippen molar-refractivity contribution in [3.05, 3.63) is 59.8 Å². The normalized spacial score (nSPS) is 22.5. The maximum Gasteiger partial charge on any atom is 0.233 e. The molecule has 2 heterocycles. The summed E-state index contributed by atoms with van der Waals surface area (Å²) in [5, 5.41) is 0. The second-order valence-electron chi connectivity index (χ2n) is 5.83. The lowest BCUT2D eigenvalue weighted by Crippen LogP contribution is -2.58. The van der Waals surface area contributed by atoms with Gasteiger partial charge < -0.3 is 0 Å². The molecule has 4 rings (SSSR count). The highest BCUT2D eigenvalue weighted by atomic mass is 16.2. The van der Waals surface area contributed by atoms with Crippen molar-refractivity contribution in [3.8, 4) is 11.8 Å². The van der Waals surface area contributed by atoms with Crippen LogP contribution in [0.5, 0.6) is 0 Å². The summed E-state index contributed by atoms with van der Waals surface area (Å²) < 4.78 is 0. The Labute approximate surface area is 130 Å².